The summed E-state index contributed by atoms with van der Waals surface area (Å²) in [6.07, 6.45) is 1.69. The molecule has 0 fully saturated rings. The fourth-order valence-corrected chi connectivity index (χ4v) is 2.14. The van der Waals surface area contributed by atoms with E-state index in [1.54, 1.807) is 30.5 Å². The Balaban J connectivity index is 1.80. The Bertz CT molecular complexity index is 795. The molecule has 3 rings (SSSR count). The number of para-hydroxylation sites is 1. The average molecular weight is 277 g/mol. The van der Waals surface area contributed by atoms with Crippen LogP contribution in [0.15, 0.2) is 59.7 Å². The van der Waals surface area contributed by atoms with Crippen LogP contribution in [0.5, 0.6) is 5.75 Å². The molecule has 0 amide bonds. The van der Waals surface area contributed by atoms with E-state index in [1.807, 2.05) is 24.3 Å². The van der Waals surface area contributed by atoms with Gasteiger partial charge in [0.1, 0.15) is 11.6 Å². The fourth-order valence-electron chi connectivity index (χ4n) is 2.14. The maximum Gasteiger partial charge on any atom is 0.147 e. The van der Waals surface area contributed by atoms with E-state index in [-0.39, 0.29) is 5.75 Å². The highest BCUT2D eigenvalue weighted by molar-refractivity contribution is 5.84. The molecule has 0 bridgehead atoms. The number of rotatable bonds is 3. The number of aryl methyl sites for hydroxylation is 1. The predicted octanol–water partition coefficient (Wildman–Crippen LogP) is 3.69. The van der Waals surface area contributed by atoms with Gasteiger partial charge in [-0.1, -0.05) is 18.2 Å². The Labute approximate surface area is 122 Å². The molecule has 0 unspecified atom stereocenters. The van der Waals surface area contributed by atoms with Crippen LogP contribution >= 0.6 is 0 Å². The Morgan fingerprint density at radius 1 is 1.10 bits per heavy atom. The molecule has 4 heteroatoms. The number of phenols is 1. The maximum atomic E-state index is 9.22. The van der Waals surface area contributed by atoms with Gasteiger partial charge >= 0.3 is 0 Å². The van der Waals surface area contributed by atoms with E-state index < -0.39 is 0 Å². The van der Waals surface area contributed by atoms with E-state index in [4.69, 9.17) is 0 Å². The quantitative estimate of drug-likeness (QED) is 0.567. The fraction of sp³-hybridized carbons (Fsp3) is 0.0588. The first-order chi connectivity index (χ1) is 10.2. The van der Waals surface area contributed by atoms with Crippen LogP contribution in [-0.4, -0.2) is 16.3 Å². The number of hydrogen-bond acceptors (Lipinski definition) is 4. The summed E-state index contributed by atoms with van der Waals surface area (Å²) in [5.41, 5.74) is 5.94. The van der Waals surface area contributed by atoms with Crippen molar-refractivity contribution >= 4 is 22.9 Å². The van der Waals surface area contributed by atoms with Gasteiger partial charge in [0.05, 0.1) is 11.7 Å². The van der Waals surface area contributed by atoms with Crippen LogP contribution in [0.2, 0.25) is 0 Å². The first-order valence-corrected chi connectivity index (χ1v) is 6.67. The van der Waals surface area contributed by atoms with Crippen molar-refractivity contribution in [3.8, 4) is 5.75 Å². The second-order valence-corrected chi connectivity index (χ2v) is 4.80. The summed E-state index contributed by atoms with van der Waals surface area (Å²) in [7, 11) is 0. The van der Waals surface area contributed by atoms with Gasteiger partial charge in [-0.05, 0) is 54.4 Å². The number of fused-ring (bicyclic) bond motifs is 1. The normalized spacial score (nSPS) is 11.1. The number of nitrogens with zero attached hydrogens (tertiary/aromatic N) is 2. The lowest BCUT2D eigenvalue weighted by Crippen LogP contribution is -1.95. The number of hydrogen-bond donors (Lipinski definition) is 2. The highest BCUT2D eigenvalue weighted by Gasteiger charge is 2.00. The third-order valence-corrected chi connectivity index (χ3v) is 3.21. The summed E-state index contributed by atoms with van der Waals surface area (Å²) >= 11 is 0. The molecule has 2 N–H and O–H groups in total. The molecule has 21 heavy (non-hydrogen) atoms. The van der Waals surface area contributed by atoms with Crippen molar-refractivity contribution < 1.29 is 5.11 Å². The van der Waals surface area contributed by atoms with Crippen molar-refractivity contribution in [1.82, 2.24) is 4.98 Å². The van der Waals surface area contributed by atoms with Crippen LogP contribution in [0.4, 0.5) is 5.82 Å². The lowest BCUT2D eigenvalue weighted by molar-refractivity contribution is 0.475. The molecule has 0 spiro atoms. The van der Waals surface area contributed by atoms with Crippen LogP contribution < -0.4 is 5.43 Å². The maximum absolute atomic E-state index is 9.22. The smallest absolute Gasteiger partial charge is 0.147 e. The lowest BCUT2D eigenvalue weighted by atomic mass is 10.1. The zero-order valence-corrected chi connectivity index (χ0v) is 11.6. The van der Waals surface area contributed by atoms with Crippen molar-refractivity contribution in [2.45, 2.75) is 6.92 Å². The van der Waals surface area contributed by atoms with Crippen LogP contribution in [0.1, 0.15) is 11.1 Å². The van der Waals surface area contributed by atoms with Gasteiger partial charge in [-0.3, -0.25) is 5.43 Å². The van der Waals surface area contributed by atoms with Crippen LogP contribution in [0.25, 0.3) is 10.9 Å². The molecule has 3 aromatic rings. The molecule has 0 aliphatic heterocycles. The number of aromatic hydroxyl groups is 1. The van der Waals surface area contributed by atoms with Gasteiger partial charge in [0.2, 0.25) is 0 Å². The van der Waals surface area contributed by atoms with Gasteiger partial charge in [-0.15, -0.1) is 0 Å². The molecule has 0 saturated heterocycles. The summed E-state index contributed by atoms with van der Waals surface area (Å²) in [4.78, 5) is 4.52. The molecule has 0 saturated carbocycles. The number of phenolic OH excluding ortho intramolecular Hbond substituents is 1. The van der Waals surface area contributed by atoms with Gasteiger partial charge in [0, 0.05) is 5.39 Å². The van der Waals surface area contributed by atoms with Crippen LogP contribution in [-0.2, 0) is 0 Å². The molecule has 2 aromatic carbocycles. The number of benzene rings is 2. The second kappa shape index (κ2) is 5.63. The van der Waals surface area contributed by atoms with Crippen LogP contribution in [0, 0.1) is 6.92 Å². The zero-order chi connectivity index (χ0) is 14.7. The van der Waals surface area contributed by atoms with Gasteiger partial charge in [-0.25, -0.2) is 4.98 Å². The third-order valence-electron chi connectivity index (χ3n) is 3.21. The largest absolute Gasteiger partial charge is 0.508 e. The molecule has 4 nitrogen and oxygen atoms in total. The molecular weight excluding hydrogens is 262 g/mol. The highest BCUT2D eigenvalue weighted by Crippen LogP contribution is 2.19. The SMILES string of the molecule is Cc1cc(N/N=C\c2ccc(O)cc2)nc2ccccc12. The topological polar surface area (TPSA) is 57.5 Å². The van der Waals surface area contributed by atoms with Crippen molar-refractivity contribution in [1.29, 1.82) is 0 Å². The lowest BCUT2D eigenvalue weighted by Gasteiger charge is -2.05. The minimum atomic E-state index is 0.243. The number of nitrogens with one attached hydrogen (secondary N) is 1. The van der Waals surface area contributed by atoms with Gasteiger partial charge in [0.25, 0.3) is 0 Å². The van der Waals surface area contributed by atoms with Gasteiger partial charge in [-0.2, -0.15) is 5.10 Å². The highest BCUT2D eigenvalue weighted by atomic mass is 16.3. The van der Waals surface area contributed by atoms with E-state index in [0.717, 1.165) is 22.0 Å². The van der Waals surface area contributed by atoms with Crippen molar-refractivity contribution in [3.05, 3.63) is 65.7 Å². The van der Waals surface area contributed by atoms with Gasteiger partial charge < -0.3 is 5.11 Å². The van der Waals surface area contributed by atoms with E-state index in [1.165, 1.54) is 0 Å². The molecule has 104 valence electrons. The molecule has 0 aliphatic rings. The number of pyridine rings is 1. The molecular formula is C17H15N3O. The molecule has 1 heterocycles. The monoisotopic (exact) mass is 277 g/mol. The summed E-state index contributed by atoms with van der Waals surface area (Å²) in [6.45, 7) is 2.05. The standard InChI is InChI=1S/C17H15N3O/c1-12-10-17(19-16-5-3-2-4-15(12)16)20-18-11-13-6-8-14(21)9-7-13/h2-11,21H,1H3,(H,19,20)/b18-11-. The van der Waals surface area contributed by atoms with E-state index in [2.05, 4.69) is 28.5 Å². The summed E-state index contributed by atoms with van der Waals surface area (Å²) in [5.74, 6) is 0.952. The van der Waals surface area contributed by atoms with E-state index in [9.17, 15) is 5.11 Å². The molecule has 0 radical (unpaired) electrons. The number of anilines is 1. The summed E-state index contributed by atoms with van der Waals surface area (Å²) in [6, 6.07) is 16.8. The number of aromatic nitrogens is 1. The summed E-state index contributed by atoms with van der Waals surface area (Å²) in [5, 5.41) is 14.5. The Morgan fingerprint density at radius 2 is 1.86 bits per heavy atom. The minimum Gasteiger partial charge on any atom is -0.508 e. The van der Waals surface area contributed by atoms with Crippen LogP contribution in [0.3, 0.4) is 0 Å². The summed E-state index contributed by atoms with van der Waals surface area (Å²) < 4.78 is 0. The van der Waals surface area contributed by atoms with E-state index >= 15 is 0 Å². The first-order valence-electron chi connectivity index (χ1n) is 6.67. The van der Waals surface area contributed by atoms with Gasteiger partial charge in [0.15, 0.2) is 0 Å². The van der Waals surface area contributed by atoms with Crippen molar-refractivity contribution in [3.63, 3.8) is 0 Å². The molecule has 1 aromatic heterocycles. The van der Waals surface area contributed by atoms with E-state index in [0.29, 0.717) is 5.82 Å². The zero-order valence-electron chi connectivity index (χ0n) is 11.6. The number of hydrazone groups is 1. The van der Waals surface area contributed by atoms with Crippen molar-refractivity contribution in [2.75, 3.05) is 5.43 Å². The second-order valence-electron chi connectivity index (χ2n) is 4.80. The average Bonchev–Trinajstić information content (AvgIpc) is 2.49. The minimum absolute atomic E-state index is 0.243. The molecule has 0 atom stereocenters. The Kier molecular flexibility index (Phi) is 3.51. The predicted molar refractivity (Wildman–Crippen MR) is 85.8 cm³/mol. The Hall–Kier alpha value is -2.88. The third kappa shape index (κ3) is 3.00. The first kappa shape index (κ1) is 13.1. The molecule has 0 aliphatic carbocycles. The Morgan fingerprint density at radius 3 is 2.67 bits per heavy atom. The van der Waals surface area contributed by atoms with Crippen molar-refractivity contribution in [2.24, 2.45) is 5.10 Å².